The molecule has 0 atom stereocenters. The Bertz CT molecular complexity index is 981. The van der Waals surface area contributed by atoms with E-state index in [4.69, 9.17) is 11.6 Å². The van der Waals surface area contributed by atoms with Crippen LogP contribution in [0.5, 0.6) is 5.75 Å². The van der Waals surface area contributed by atoms with Gasteiger partial charge in [-0.2, -0.15) is 4.68 Å². The van der Waals surface area contributed by atoms with E-state index in [2.05, 4.69) is 5.10 Å². The number of rotatable bonds is 2. The molecule has 10 heteroatoms. The summed E-state index contributed by atoms with van der Waals surface area (Å²) in [4.78, 5) is 21.9. The van der Waals surface area contributed by atoms with Crippen LogP contribution in [-0.4, -0.2) is 24.2 Å². The van der Waals surface area contributed by atoms with Gasteiger partial charge in [-0.1, -0.05) is 11.6 Å². The van der Waals surface area contributed by atoms with E-state index in [1.54, 1.807) is 0 Å². The average Bonchev–Trinajstić information content (AvgIpc) is 2.78. The number of nitro benzene ring substituents is 1. The van der Waals surface area contributed by atoms with Crippen molar-refractivity contribution in [3.05, 3.63) is 61.9 Å². The minimum atomic E-state index is -1.07. The van der Waals surface area contributed by atoms with Gasteiger partial charge < -0.3 is 5.11 Å². The van der Waals surface area contributed by atoms with Crippen LogP contribution < -0.4 is 5.69 Å². The summed E-state index contributed by atoms with van der Waals surface area (Å²) in [6.07, 6.45) is 1.30. The van der Waals surface area contributed by atoms with Gasteiger partial charge in [-0.3, -0.25) is 10.1 Å². The number of halogens is 2. The van der Waals surface area contributed by atoms with E-state index in [1.807, 2.05) is 0 Å². The molecular formula is C12H6ClFN4O4. The first-order valence-corrected chi connectivity index (χ1v) is 6.20. The van der Waals surface area contributed by atoms with Gasteiger partial charge in [0.1, 0.15) is 5.69 Å². The standard InChI is InChI=1S/C12H6ClFN4O4/c13-6-1-2-11-15-17(12(20)16(11)5-6)8-4-10(19)9(18(21)22)3-7(8)14/h1-5,19H. The summed E-state index contributed by atoms with van der Waals surface area (Å²) >= 11 is 5.77. The SMILES string of the molecule is O=c1n(-c2cc(O)c([N+](=O)[O-])cc2F)nc2ccc(Cl)cn12. The lowest BCUT2D eigenvalue weighted by molar-refractivity contribution is -0.386. The van der Waals surface area contributed by atoms with Crippen LogP contribution in [0.2, 0.25) is 5.02 Å². The number of hydrogen-bond donors (Lipinski definition) is 1. The normalized spacial score (nSPS) is 11.0. The third kappa shape index (κ3) is 2.07. The molecule has 0 saturated carbocycles. The second-order valence-corrected chi connectivity index (χ2v) is 4.76. The van der Waals surface area contributed by atoms with Crippen molar-refractivity contribution in [1.29, 1.82) is 0 Å². The second-order valence-electron chi connectivity index (χ2n) is 4.32. The van der Waals surface area contributed by atoms with E-state index < -0.39 is 33.6 Å². The number of nitrogens with zero attached hydrogens (tertiary/aromatic N) is 4. The quantitative estimate of drug-likeness (QED) is 0.573. The van der Waals surface area contributed by atoms with Gasteiger partial charge in [0, 0.05) is 12.3 Å². The molecule has 2 heterocycles. The van der Waals surface area contributed by atoms with Gasteiger partial charge in [-0.05, 0) is 12.1 Å². The molecule has 3 aromatic rings. The predicted octanol–water partition coefficient (Wildman–Crippen LogP) is 1.89. The number of hydrogen-bond acceptors (Lipinski definition) is 5. The molecule has 0 bridgehead atoms. The number of fused-ring (bicyclic) bond motifs is 1. The Balaban J connectivity index is 2.28. The van der Waals surface area contributed by atoms with Gasteiger partial charge in [0.25, 0.3) is 0 Å². The second kappa shape index (κ2) is 4.81. The maximum atomic E-state index is 14.0. The first-order valence-electron chi connectivity index (χ1n) is 5.82. The number of nitro groups is 1. The fourth-order valence-corrected chi connectivity index (χ4v) is 2.12. The summed E-state index contributed by atoms with van der Waals surface area (Å²) < 4.78 is 15.8. The number of aromatic nitrogens is 3. The summed E-state index contributed by atoms with van der Waals surface area (Å²) in [6.45, 7) is 0. The Morgan fingerprint density at radius 1 is 1.36 bits per heavy atom. The molecule has 0 fully saturated rings. The van der Waals surface area contributed by atoms with E-state index in [1.165, 1.54) is 18.3 Å². The van der Waals surface area contributed by atoms with Crippen molar-refractivity contribution in [2.45, 2.75) is 0 Å². The molecule has 3 rings (SSSR count). The summed E-state index contributed by atoms with van der Waals surface area (Å²) in [7, 11) is 0. The van der Waals surface area contributed by atoms with Gasteiger partial charge in [-0.15, -0.1) is 5.10 Å². The van der Waals surface area contributed by atoms with Crippen LogP contribution in [0, 0.1) is 15.9 Å². The Labute approximate surface area is 125 Å². The third-order valence-electron chi connectivity index (χ3n) is 2.95. The third-order valence-corrected chi connectivity index (χ3v) is 3.17. The Kier molecular flexibility index (Phi) is 3.06. The minimum absolute atomic E-state index is 0.201. The predicted molar refractivity (Wildman–Crippen MR) is 74.1 cm³/mol. The van der Waals surface area contributed by atoms with Crippen LogP contribution in [0.25, 0.3) is 11.3 Å². The van der Waals surface area contributed by atoms with Crippen molar-refractivity contribution in [3.63, 3.8) is 0 Å². The molecule has 0 aliphatic rings. The zero-order valence-corrected chi connectivity index (χ0v) is 11.4. The Hall–Kier alpha value is -2.94. The largest absolute Gasteiger partial charge is 0.502 e. The Morgan fingerprint density at radius 3 is 2.77 bits per heavy atom. The molecule has 0 amide bonds. The Morgan fingerprint density at radius 2 is 2.09 bits per heavy atom. The molecule has 0 spiro atoms. The fourth-order valence-electron chi connectivity index (χ4n) is 1.95. The molecule has 0 radical (unpaired) electrons. The lowest BCUT2D eigenvalue weighted by Gasteiger charge is -2.03. The first-order chi connectivity index (χ1) is 10.4. The van der Waals surface area contributed by atoms with Crippen LogP contribution >= 0.6 is 11.6 Å². The monoisotopic (exact) mass is 324 g/mol. The highest BCUT2D eigenvalue weighted by atomic mass is 35.5. The van der Waals surface area contributed by atoms with E-state index in [-0.39, 0.29) is 10.7 Å². The van der Waals surface area contributed by atoms with Crippen LogP contribution in [0.3, 0.4) is 0 Å². The molecule has 1 N–H and O–H groups in total. The summed E-state index contributed by atoms with van der Waals surface area (Å²) in [5.41, 5.74) is -1.75. The van der Waals surface area contributed by atoms with Gasteiger partial charge in [0.15, 0.2) is 17.2 Å². The molecule has 0 aliphatic heterocycles. The zero-order valence-electron chi connectivity index (χ0n) is 10.6. The molecule has 0 unspecified atom stereocenters. The van der Waals surface area contributed by atoms with E-state index >= 15 is 0 Å². The number of benzene rings is 1. The molecule has 1 aromatic carbocycles. The highest BCUT2D eigenvalue weighted by Crippen LogP contribution is 2.29. The first kappa shape index (κ1) is 14.0. The van der Waals surface area contributed by atoms with Crippen LogP contribution in [-0.2, 0) is 0 Å². The smallest absolute Gasteiger partial charge is 0.355 e. The molecule has 0 saturated heterocycles. The summed E-state index contributed by atoms with van der Waals surface area (Å²) in [6, 6.07) is 4.23. The van der Waals surface area contributed by atoms with Crippen molar-refractivity contribution in [2.24, 2.45) is 0 Å². The van der Waals surface area contributed by atoms with Gasteiger partial charge in [0.05, 0.1) is 16.0 Å². The highest BCUT2D eigenvalue weighted by Gasteiger charge is 2.21. The average molecular weight is 325 g/mol. The number of pyridine rings is 1. The van der Waals surface area contributed by atoms with Crippen LogP contribution in [0.4, 0.5) is 10.1 Å². The molecule has 0 aliphatic carbocycles. The summed E-state index contributed by atoms with van der Waals surface area (Å²) in [5, 5.41) is 24.4. The van der Waals surface area contributed by atoms with E-state index in [0.29, 0.717) is 10.7 Å². The number of phenolic OH excluding ortho intramolecular Hbond substituents is 1. The fraction of sp³-hybridized carbons (Fsp3) is 0. The summed E-state index contributed by atoms with van der Waals surface area (Å²) in [5.74, 6) is -1.84. The van der Waals surface area contributed by atoms with Crippen molar-refractivity contribution in [2.75, 3.05) is 0 Å². The van der Waals surface area contributed by atoms with Gasteiger partial charge in [-0.25, -0.2) is 13.6 Å². The minimum Gasteiger partial charge on any atom is -0.502 e. The van der Waals surface area contributed by atoms with Crippen molar-refractivity contribution < 1.29 is 14.4 Å². The molecule has 112 valence electrons. The van der Waals surface area contributed by atoms with Crippen molar-refractivity contribution >= 4 is 22.9 Å². The maximum Gasteiger partial charge on any atom is 0.355 e. The molecule has 2 aromatic heterocycles. The topological polar surface area (TPSA) is 103 Å². The lowest BCUT2D eigenvalue weighted by Crippen LogP contribution is -2.20. The van der Waals surface area contributed by atoms with Gasteiger partial charge in [0.2, 0.25) is 0 Å². The van der Waals surface area contributed by atoms with E-state index in [0.717, 1.165) is 10.5 Å². The van der Waals surface area contributed by atoms with Crippen LogP contribution in [0.15, 0.2) is 35.3 Å². The van der Waals surface area contributed by atoms with Crippen molar-refractivity contribution in [3.8, 4) is 11.4 Å². The number of phenols is 1. The molecular weight excluding hydrogens is 319 g/mol. The maximum absolute atomic E-state index is 14.0. The molecule has 22 heavy (non-hydrogen) atoms. The van der Waals surface area contributed by atoms with E-state index in [9.17, 15) is 24.4 Å². The van der Waals surface area contributed by atoms with Gasteiger partial charge >= 0.3 is 11.4 Å². The molecule has 8 nitrogen and oxygen atoms in total. The van der Waals surface area contributed by atoms with Crippen molar-refractivity contribution in [1.82, 2.24) is 14.2 Å². The zero-order chi connectivity index (χ0) is 16.0. The van der Waals surface area contributed by atoms with Crippen LogP contribution in [0.1, 0.15) is 0 Å². The highest BCUT2D eigenvalue weighted by molar-refractivity contribution is 6.30. The number of aromatic hydroxyl groups is 1. The lowest BCUT2D eigenvalue weighted by atomic mass is 10.2.